The maximum absolute atomic E-state index is 13.2. The number of benzene rings is 2. The zero-order valence-corrected chi connectivity index (χ0v) is 16.1. The van der Waals surface area contributed by atoms with Gasteiger partial charge in [-0.2, -0.15) is 0 Å². The van der Waals surface area contributed by atoms with Gasteiger partial charge in [0.1, 0.15) is 12.1 Å². The fraction of sp³-hybridized carbons (Fsp3) is 0.200. The van der Waals surface area contributed by atoms with Crippen molar-refractivity contribution in [3.63, 3.8) is 0 Å². The van der Waals surface area contributed by atoms with Crippen molar-refractivity contribution in [3.05, 3.63) is 64.9 Å². The van der Waals surface area contributed by atoms with Crippen molar-refractivity contribution in [3.8, 4) is 22.8 Å². The Kier molecular flexibility index (Phi) is 4.97. The molecule has 1 aliphatic heterocycles. The number of fused-ring (bicyclic) bond motifs is 1. The molecule has 3 aromatic rings. The molecule has 0 spiro atoms. The van der Waals surface area contributed by atoms with Gasteiger partial charge in [-0.15, -0.1) is 8.78 Å². The van der Waals surface area contributed by atoms with Gasteiger partial charge in [0.05, 0.1) is 5.69 Å². The van der Waals surface area contributed by atoms with Crippen molar-refractivity contribution in [2.24, 2.45) is 5.73 Å². The summed E-state index contributed by atoms with van der Waals surface area (Å²) in [7, 11) is 0. The van der Waals surface area contributed by atoms with E-state index in [0.29, 0.717) is 28.6 Å². The summed E-state index contributed by atoms with van der Waals surface area (Å²) in [5, 5.41) is 3.79. The molecular weight excluding hydrogens is 402 g/mol. The van der Waals surface area contributed by atoms with Gasteiger partial charge in [-0.25, -0.2) is 9.97 Å². The molecule has 0 saturated heterocycles. The molecule has 6 nitrogen and oxygen atoms in total. The monoisotopic (exact) mass is 418 g/mol. The lowest BCUT2D eigenvalue weighted by molar-refractivity contribution is -0.286. The van der Waals surface area contributed by atoms with E-state index in [4.69, 9.17) is 17.3 Å². The Morgan fingerprint density at radius 1 is 1.10 bits per heavy atom. The molecule has 0 unspecified atom stereocenters. The number of nitrogens with zero attached hydrogens (tertiary/aromatic N) is 2. The maximum Gasteiger partial charge on any atom is 0.586 e. The van der Waals surface area contributed by atoms with Gasteiger partial charge < -0.3 is 20.5 Å². The molecule has 2 aromatic carbocycles. The van der Waals surface area contributed by atoms with E-state index in [0.717, 1.165) is 11.1 Å². The van der Waals surface area contributed by atoms with Gasteiger partial charge in [-0.05, 0) is 36.2 Å². The minimum Gasteiger partial charge on any atom is -0.395 e. The van der Waals surface area contributed by atoms with Crippen LogP contribution in [0.15, 0.2) is 48.8 Å². The molecule has 9 heteroatoms. The van der Waals surface area contributed by atoms with Gasteiger partial charge in [-0.3, -0.25) is 0 Å². The lowest BCUT2D eigenvalue weighted by atomic mass is 10.1. The highest BCUT2D eigenvalue weighted by Crippen LogP contribution is 2.41. The number of hydrogen-bond acceptors (Lipinski definition) is 6. The summed E-state index contributed by atoms with van der Waals surface area (Å²) >= 11 is 6.19. The molecule has 1 aromatic heterocycles. The van der Waals surface area contributed by atoms with Gasteiger partial charge >= 0.3 is 6.29 Å². The van der Waals surface area contributed by atoms with E-state index >= 15 is 0 Å². The van der Waals surface area contributed by atoms with Crippen LogP contribution in [0.2, 0.25) is 5.02 Å². The van der Waals surface area contributed by atoms with Crippen molar-refractivity contribution in [2.75, 3.05) is 11.9 Å². The van der Waals surface area contributed by atoms with Crippen LogP contribution in [-0.2, 0) is 0 Å². The predicted octanol–water partition coefficient (Wildman–Crippen LogP) is 4.54. The first-order valence-electron chi connectivity index (χ1n) is 8.78. The minimum atomic E-state index is -3.65. The molecule has 4 rings (SSSR count). The van der Waals surface area contributed by atoms with Crippen LogP contribution in [-0.4, -0.2) is 22.8 Å². The van der Waals surface area contributed by atoms with E-state index < -0.39 is 12.3 Å². The van der Waals surface area contributed by atoms with E-state index in [1.54, 1.807) is 12.1 Å². The van der Waals surface area contributed by atoms with Gasteiger partial charge in [0.15, 0.2) is 11.5 Å². The Morgan fingerprint density at radius 2 is 1.90 bits per heavy atom. The molecule has 1 atom stereocenters. The summed E-state index contributed by atoms with van der Waals surface area (Å²) < 4.78 is 35.2. The normalized spacial score (nSPS) is 15.2. The first-order chi connectivity index (χ1) is 13.8. The Bertz CT molecular complexity index is 1060. The second-order valence-corrected chi connectivity index (χ2v) is 7.02. The Balaban J connectivity index is 1.45. The zero-order valence-electron chi connectivity index (χ0n) is 15.3. The quantitative estimate of drug-likeness (QED) is 0.633. The number of rotatable bonds is 5. The first-order valence-corrected chi connectivity index (χ1v) is 9.16. The summed E-state index contributed by atoms with van der Waals surface area (Å²) in [5.74, 6) is 0.522. The molecule has 150 valence electrons. The highest BCUT2D eigenvalue weighted by Gasteiger charge is 2.43. The van der Waals surface area contributed by atoms with E-state index in [-0.39, 0.29) is 11.5 Å². The third kappa shape index (κ3) is 4.23. The van der Waals surface area contributed by atoms with Crippen LogP contribution in [0.1, 0.15) is 17.2 Å². The van der Waals surface area contributed by atoms with Gasteiger partial charge in [0, 0.05) is 29.2 Å². The number of nitrogens with one attached hydrogen (secondary N) is 1. The van der Waals surface area contributed by atoms with Crippen LogP contribution in [0.5, 0.6) is 11.5 Å². The van der Waals surface area contributed by atoms with Crippen LogP contribution in [0.4, 0.5) is 14.6 Å². The number of hydrogen-bond donors (Lipinski definition) is 2. The summed E-state index contributed by atoms with van der Waals surface area (Å²) in [6.07, 6.45) is -2.21. The van der Waals surface area contributed by atoms with Crippen molar-refractivity contribution >= 4 is 17.4 Å². The van der Waals surface area contributed by atoms with E-state index in [2.05, 4.69) is 24.8 Å². The third-order valence-corrected chi connectivity index (χ3v) is 4.90. The fourth-order valence-corrected chi connectivity index (χ4v) is 3.07. The van der Waals surface area contributed by atoms with Crippen molar-refractivity contribution in [1.29, 1.82) is 0 Å². The zero-order chi connectivity index (χ0) is 20.6. The summed E-state index contributed by atoms with van der Waals surface area (Å²) in [6, 6.07) is 11.5. The van der Waals surface area contributed by atoms with Crippen LogP contribution in [0.3, 0.4) is 0 Å². The Morgan fingerprint density at radius 3 is 2.69 bits per heavy atom. The van der Waals surface area contributed by atoms with Crippen LogP contribution >= 0.6 is 11.6 Å². The molecule has 2 heterocycles. The van der Waals surface area contributed by atoms with Gasteiger partial charge in [0.25, 0.3) is 0 Å². The van der Waals surface area contributed by atoms with E-state index in [1.165, 1.54) is 18.5 Å². The topological polar surface area (TPSA) is 82.3 Å². The van der Waals surface area contributed by atoms with Crippen molar-refractivity contribution in [1.82, 2.24) is 9.97 Å². The SMILES string of the molecule is Cc1ccc(-c2cc(NC[C@H](N)c3ccc4c(c3)OC(F)(F)O4)ncn2)cc1Cl. The van der Waals surface area contributed by atoms with Crippen molar-refractivity contribution < 1.29 is 18.3 Å². The summed E-state index contributed by atoms with van der Waals surface area (Å²) in [4.78, 5) is 8.47. The Hall–Kier alpha value is -2.97. The maximum atomic E-state index is 13.2. The number of anilines is 1. The molecule has 0 aliphatic carbocycles. The number of ether oxygens (including phenoxy) is 2. The molecular formula is C20H17ClF2N4O2. The summed E-state index contributed by atoms with van der Waals surface area (Å²) in [6.45, 7) is 2.25. The van der Waals surface area contributed by atoms with Gasteiger partial charge in [-0.1, -0.05) is 29.8 Å². The molecule has 3 N–H and O–H groups in total. The standard InChI is InChI=1S/C20H17ClF2N4O2/c1-11-2-3-13(6-14(11)21)16-8-19(27-10-26-16)25-9-15(24)12-4-5-17-18(7-12)29-20(22,23)28-17/h2-8,10,15H,9,24H2,1H3,(H,25,26,27)/t15-/m0/s1. The van der Waals surface area contributed by atoms with Crippen LogP contribution in [0.25, 0.3) is 11.3 Å². The molecule has 0 fully saturated rings. The smallest absolute Gasteiger partial charge is 0.395 e. The average molecular weight is 419 g/mol. The largest absolute Gasteiger partial charge is 0.586 e. The Labute approximate surface area is 170 Å². The van der Waals surface area contributed by atoms with Crippen LogP contribution in [0, 0.1) is 6.92 Å². The molecule has 0 saturated carbocycles. The number of halogens is 3. The number of aromatic nitrogens is 2. The summed E-state index contributed by atoms with van der Waals surface area (Å²) in [5.41, 5.74) is 9.37. The first kappa shape index (κ1) is 19.4. The molecule has 0 amide bonds. The molecule has 0 radical (unpaired) electrons. The fourth-order valence-electron chi connectivity index (χ4n) is 2.89. The predicted molar refractivity (Wildman–Crippen MR) is 105 cm³/mol. The number of aryl methyl sites for hydroxylation is 1. The number of alkyl halides is 2. The molecule has 1 aliphatic rings. The van der Waals surface area contributed by atoms with Gasteiger partial charge in [0.2, 0.25) is 0 Å². The molecule has 29 heavy (non-hydrogen) atoms. The number of nitrogens with two attached hydrogens (primary N) is 1. The highest BCUT2D eigenvalue weighted by molar-refractivity contribution is 6.31. The van der Waals surface area contributed by atoms with E-state index in [9.17, 15) is 8.78 Å². The molecule has 0 bridgehead atoms. The lowest BCUT2D eigenvalue weighted by Gasteiger charge is -2.14. The second-order valence-electron chi connectivity index (χ2n) is 6.61. The van der Waals surface area contributed by atoms with E-state index in [1.807, 2.05) is 25.1 Å². The van der Waals surface area contributed by atoms with Crippen molar-refractivity contribution in [2.45, 2.75) is 19.3 Å². The minimum absolute atomic E-state index is 0.0175. The highest BCUT2D eigenvalue weighted by atomic mass is 35.5. The van der Waals surface area contributed by atoms with Crippen LogP contribution < -0.4 is 20.5 Å². The second kappa shape index (κ2) is 7.46. The lowest BCUT2D eigenvalue weighted by Crippen LogP contribution is -2.26. The average Bonchev–Trinajstić information content (AvgIpc) is 3.01. The third-order valence-electron chi connectivity index (χ3n) is 4.49.